The van der Waals surface area contributed by atoms with Crippen LogP contribution in [0.2, 0.25) is 0 Å². The van der Waals surface area contributed by atoms with Gasteiger partial charge in [-0.3, -0.25) is 4.79 Å². The van der Waals surface area contributed by atoms with E-state index in [-0.39, 0.29) is 12.0 Å². The predicted molar refractivity (Wildman–Crippen MR) is 64.4 cm³/mol. The molecule has 0 bridgehead atoms. The lowest BCUT2D eigenvalue weighted by atomic mass is 10.2. The van der Waals surface area contributed by atoms with Crippen LogP contribution in [-0.4, -0.2) is 24.0 Å². The fourth-order valence-corrected chi connectivity index (χ4v) is 1.33. The van der Waals surface area contributed by atoms with Crippen LogP contribution in [0.1, 0.15) is 26.3 Å². The molecule has 3 nitrogen and oxygen atoms in total. The number of amides is 1. The minimum Gasteiger partial charge on any atom is -0.491 e. The van der Waals surface area contributed by atoms with E-state index in [1.54, 1.807) is 18.9 Å². The Balaban J connectivity index is 2.61. The molecule has 0 radical (unpaired) electrons. The van der Waals surface area contributed by atoms with Crippen molar-refractivity contribution in [2.75, 3.05) is 7.05 Å². The van der Waals surface area contributed by atoms with Gasteiger partial charge in [-0.05, 0) is 31.5 Å². The van der Waals surface area contributed by atoms with E-state index in [0.717, 1.165) is 11.3 Å². The lowest BCUT2D eigenvalue weighted by molar-refractivity contribution is -0.128. The van der Waals surface area contributed by atoms with E-state index in [1.165, 1.54) is 0 Å². The molecule has 0 aliphatic carbocycles. The first-order valence-corrected chi connectivity index (χ1v) is 5.46. The molecule has 0 spiro atoms. The molecule has 0 saturated carbocycles. The molecule has 1 amide bonds. The third-order valence-electron chi connectivity index (χ3n) is 2.25. The first-order chi connectivity index (χ1) is 7.49. The molecule has 16 heavy (non-hydrogen) atoms. The third kappa shape index (κ3) is 3.93. The summed E-state index contributed by atoms with van der Waals surface area (Å²) in [5.41, 5.74) is 1.11. The molecule has 1 aromatic carbocycles. The van der Waals surface area contributed by atoms with Gasteiger partial charge >= 0.3 is 0 Å². The molecule has 0 fully saturated rings. The highest BCUT2D eigenvalue weighted by Gasteiger charge is 2.03. The summed E-state index contributed by atoms with van der Waals surface area (Å²) < 4.78 is 5.54. The van der Waals surface area contributed by atoms with Gasteiger partial charge in [0, 0.05) is 20.5 Å². The summed E-state index contributed by atoms with van der Waals surface area (Å²) in [5.74, 6) is 0.937. The number of hydrogen-bond donors (Lipinski definition) is 0. The van der Waals surface area contributed by atoms with Crippen molar-refractivity contribution in [1.82, 2.24) is 4.90 Å². The number of carbonyl (C=O) groups excluding carboxylic acids is 1. The average Bonchev–Trinajstić information content (AvgIpc) is 2.20. The molecule has 0 saturated heterocycles. The van der Waals surface area contributed by atoms with Crippen molar-refractivity contribution in [1.29, 1.82) is 0 Å². The molecule has 0 heterocycles. The molecule has 1 aromatic rings. The zero-order chi connectivity index (χ0) is 12.1. The van der Waals surface area contributed by atoms with Crippen LogP contribution in [0.15, 0.2) is 24.3 Å². The monoisotopic (exact) mass is 221 g/mol. The fourth-order valence-electron chi connectivity index (χ4n) is 1.33. The second kappa shape index (κ2) is 5.54. The number of rotatable bonds is 4. The number of nitrogens with zero attached hydrogens (tertiary/aromatic N) is 1. The van der Waals surface area contributed by atoms with Gasteiger partial charge in [0.1, 0.15) is 5.75 Å². The van der Waals surface area contributed by atoms with E-state index in [4.69, 9.17) is 4.74 Å². The second-order valence-electron chi connectivity index (χ2n) is 4.19. The van der Waals surface area contributed by atoms with Crippen LogP contribution in [0, 0.1) is 0 Å². The quantitative estimate of drug-likeness (QED) is 0.781. The molecule has 0 unspecified atom stereocenters. The van der Waals surface area contributed by atoms with Crippen LogP contribution in [0.3, 0.4) is 0 Å². The number of ether oxygens (including phenoxy) is 1. The molecule has 1 rings (SSSR count). The van der Waals surface area contributed by atoms with E-state index in [0.29, 0.717) is 6.54 Å². The number of hydrogen-bond acceptors (Lipinski definition) is 2. The Kier molecular flexibility index (Phi) is 4.35. The fraction of sp³-hybridized carbons (Fsp3) is 0.462. The third-order valence-corrected chi connectivity index (χ3v) is 2.25. The summed E-state index contributed by atoms with van der Waals surface area (Å²) in [4.78, 5) is 12.7. The largest absolute Gasteiger partial charge is 0.491 e. The Hall–Kier alpha value is -1.51. The van der Waals surface area contributed by atoms with Crippen molar-refractivity contribution in [3.05, 3.63) is 29.8 Å². The van der Waals surface area contributed by atoms with Gasteiger partial charge < -0.3 is 9.64 Å². The minimum atomic E-state index is 0.0718. The van der Waals surface area contributed by atoms with Crippen LogP contribution >= 0.6 is 0 Å². The summed E-state index contributed by atoms with van der Waals surface area (Å²) in [6.45, 7) is 6.20. The SMILES string of the molecule is CC(=O)N(C)Cc1ccc(OC(C)C)cc1. The molecule has 0 aromatic heterocycles. The predicted octanol–water partition coefficient (Wildman–Crippen LogP) is 2.45. The summed E-state index contributed by atoms with van der Waals surface area (Å²) >= 11 is 0. The summed E-state index contributed by atoms with van der Waals surface area (Å²) in [7, 11) is 1.79. The Morgan fingerprint density at radius 2 is 1.88 bits per heavy atom. The van der Waals surface area contributed by atoms with Crippen molar-refractivity contribution in [3.8, 4) is 5.75 Å². The molecule has 0 N–H and O–H groups in total. The Labute approximate surface area is 97.0 Å². The Morgan fingerprint density at radius 3 is 2.31 bits per heavy atom. The maximum atomic E-state index is 11.1. The van der Waals surface area contributed by atoms with E-state index < -0.39 is 0 Å². The highest BCUT2D eigenvalue weighted by atomic mass is 16.5. The van der Waals surface area contributed by atoms with Crippen molar-refractivity contribution < 1.29 is 9.53 Å². The first kappa shape index (κ1) is 12.6. The van der Waals surface area contributed by atoms with Gasteiger partial charge in [-0.1, -0.05) is 12.1 Å². The smallest absolute Gasteiger partial charge is 0.219 e. The van der Waals surface area contributed by atoms with Crippen LogP contribution in [0.5, 0.6) is 5.75 Å². The van der Waals surface area contributed by atoms with Crippen LogP contribution in [0.4, 0.5) is 0 Å². The van der Waals surface area contributed by atoms with E-state index in [1.807, 2.05) is 38.1 Å². The second-order valence-corrected chi connectivity index (χ2v) is 4.19. The molecular formula is C13H19NO2. The summed E-state index contributed by atoms with van der Waals surface area (Å²) in [6.07, 6.45) is 0.186. The van der Waals surface area contributed by atoms with Crippen molar-refractivity contribution in [2.24, 2.45) is 0 Å². The van der Waals surface area contributed by atoms with Gasteiger partial charge in [-0.2, -0.15) is 0 Å². The Morgan fingerprint density at radius 1 is 1.31 bits per heavy atom. The van der Waals surface area contributed by atoms with Crippen LogP contribution in [0.25, 0.3) is 0 Å². The number of carbonyl (C=O) groups is 1. The summed E-state index contributed by atoms with van der Waals surface area (Å²) in [5, 5.41) is 0. The standard InChI is InChI=1S/C13H19NO2/c1-10(2)16-13-7-5-12(6-8-13)9-14(4)11(3)15/h5-8,10H,9H2,1-4H3. The topological polar surface area (TPSA) is 29.5 Å². The first-order valence-electron chi connectivity index (χ1n) is 5.46. The van der Waals surface area contributed by atoms with Gasteiger partial charge in [0.25, 0.3) is 0 Å². The van der Waals surface area contributed by atoms with E-state index in [2.05, 4.69) is 0 Å². The zero-order valence-electron chi connectivity index (χ0n) is 10.4. The molecule has 0 aliphatic rings. The highest BCUT2D eigenvalue weighted by molar-refractivity contribution is 5.72. The zero-order valence-corrected chi connectivity index (χ0v) is 10.4. The minimum absolute atomic E-state index is 0.0718. The lowest BCUT2D eigenvalue weighted by Crippen LogP contribution is -2.22. The van der Waals surface area contributed by atoms with E-state index in [9.17, 15) is 4.79 Å². The highest BCUT2D eigenvalue weighted by Crippen LogP contribution is 2.14. The molecule has 88 valence electrons. The van der Waals surface area contributed by atoms with Crippen molar-refractivity contribution >= 4 is 5.91 Å². The Bertz CT molecular complexity index is 343. The van der Waals surface area contributed by atoms with E-state index >= 15 is 0 Å². The maximum absolute atomic E-state index is 11.1. The van der Waals surface area contributed by atoms with Gasteiger partial charge in [0.15, 0.2) is 0 Å². The van der Waals surface area contributed by atoms with Crippen molar-refractivity contribution in [2.45, 2.75) is 33.4 Å². The summed E-state index contributed by atoms with van der Waals surface area (Å²) in [6, 6.07) is 7.83. The maximum Gasteiger partial charge on any atom is 0.219 e. The number of benzene rings is 1. The average molecular weight is 221 g/mol. The van der Waals surface area contributed by atoms with Crippen LogP contribution in [-0.2, 0) is 11.3 Å². The lowest BCUT2D eigenvalue weighted by Gasteiger charge is -2.15. The van der Waals surface area contributed by atoms with Gasteiger partial charge in [0.2, 0.25) is 5.91 Å². The van der Waals surface area contributed by atoms with Crippen LogP contribution < -0.4 is 4.74 Å². The molecule has 3 heteroatoms. The van der Waals surface area contributed by atoms with Gasteiger partial charge in [-0.25, -0.2) is 0 Å². The van der Waals surface area contributed by atoms with Crippen molar-refractivity contribution in [3.63, 3.8) is 0 Å². The molecule has 0 aliphatic heterocycles. The van der Waals surface area contributed by atoms with Gasteiger partial charge in [0.05, 0.1) is 6.10 Å². The van der Waals surface area contributed by atoms with Gasteiger partial charge in [-0.15, -0.1) is 0 Å². The molecule has 0 atom stereocenters. The molecular weight excluding hydrogens is 202 g/mol. The normalized spacial score (nSPS) is 10.3.